The van der Waals surface area contributed by atoms with Gasteiger partial charge in [-0.15, -0.1) is 0 Å². The number of amides is 1. The van der Waals surface area contributed by atoms with E-state index in [4.69, 9.17) is 27.9 Å². The summed E-state index contributed by atoms with van der Waals surface area (Å²) in [7, 11) is 1.37. The highest BCUT2D eigenvalue weighted by Gasteiger charge is 2.46. The van der Waals surface area contributed by atoms with Crippen molar-refractivity contribution in [2.24, 2.45) is 0 Å². The molecule has 1 N–H and O–H groups in total. The standard InChI is InChI=1S/C23H22Cl2FNO4/c1-3-4-5-10-27-19(13-6-8-15(26)9-7-13)18(21(29)23(27)30)20(28)16-11-14(24)12-17(25)22(16)31-2/h6-9,11-12,19,28H,3-5,10H2,1-2H3/b20-18+. The largest absolute Gasteiger partial charge is 0.507 e. The van der Waals surface area contributed by atoms with Crippen molar-refractivity contribution >= 4 is 40.7 Å². The lowest BCUT2D eigenvalue weighted by Crippen LogP contribution is -2.30. The highest BCUT2D eigenvalue weighted by molar-refractivity contribution is 6.46. The van der Waals surface area contributed by atoms with Gasteiger partial charge in [-0.1, -0.05) is 55.1 Å². The topological polar surface area (TPSA) is 66.8 Å². The van der Waals surface area contributed by atoms with Crippen LogP contribution in [0.4, 0.5) is 4.39 Å². The summed E-state index contributed by atoms with van der Waals surface area (Å²) >= 11 is 12.3. The Morgan fingerprint density at radius 2 is 1.84 bits per heavy atom. The lowest BCUT2D eigenvalue weighted by molar-refractivity contribution is -0.139. The molecule has 1 atom stereocenters. The van der Waals surface area contributed by atoms with Gasteiger partial charge in [-0.2, -0.15) is 0 Å². The molecule has 0 saturated carbocycles. The fraction of sp³-hybridized carbons (Fsp3) is 0.304. The Hall–Kier alpha value is -2.57. The van der Waals surface area contributed by atoms with E-state index in [1.165, 1.54) is 48.4 Å². The Morgan fingerprint density at radius 3 is 2.45 bits per heavy atom. The van der Waals surface area contributed by atoms with Crippen molar-refractivity contribution in [1.29, 1.82) is 0 Å². The van der Waals surface area contributed by atoms with Crippen molar-refractivity contribution in [2.45, 2.75) is 32.2 Å². The number of hydrogen-bond acceptors (Lipinski definition) is 4. The van der Waals surface area contributed by atoms with Crippen LogP contribution in [0.3, 0.4) is 0 Å². The molecule has 0 spiro atoms. The minimum absolute atomic E-state index is 0.0960. The smallest absolute Gasteiger partial charge is 0.295 e. The van der Waals surface area contributed by atoms with Gasteiger partial charge in [-0.3, -0.25) is 9.59 Å². The fourth-order valence-corrected chi connectivity index (χ4v) is 4.29. The first-order chi connectivity index (χ1) is 14.8. The molecule has 1 saturated heterocycles. The number of carbonyl (C=O) groups is 2. The van der Waals surface area contributed by atoms with E-state index in [-0.39, 0.29) is 26.9 Å². The summed E-state index contributed by atoms with van der Waals surface area (Å²) in [6.07, 6.45) is 2.49. The second kappa shape index (κ2) is 9.71. The van der Waals surface area contributed by atoms with Crippen LogP contribution in [-0.2, 0) is 9.59 Å². The molecule has 1 amide bonds. The molecule has 0 bridgehead atoms. The summed E-state index contributed by atoms with van der Waals surface area (Å²) in [4.78, 5) is 27.3. The molecular weight excluding hydrogens is 444 g/mol. The number of hydrogen-bond donors (Lipinski definition) is 1. The first-order valence-corrected chi connectivity index (χ1v) is 10.6. The first-order valence-electron chi connectivity index (χ1n) is 9.87. The van der Waals surface area contributed by atoms with Crippen LogP contribution in [-0.4, -0.2) is 35.4 Å². The number of rotatable bonds is 7. The number of ether oxygens (including phenoxy) is 1. The quantitative estimate of drug-likeness (QED) is 0.244. The second-order valence-electron chi connectivity index (χ2n) is 7.22. The number of aliphatic hydroxyl groups excluding tert-OH is 1. The Kier molecular flexibility index (Phi) is 7.23. The SMILES string of the molecule is CCCCCN1C(=O)C(=O)/C(=C(/O)c2cc(Cl)cc(Cl)c2OC)C1c1ccc(F)cc1. The third kappa shape index (κ3) is 4.55. The van der Waals surface area contributed by atoms with Crippen molar-refractivity contribution < 1.29 is 23.8 Å². The lowest BCUT2D eigenvalue weighted by Gasteiger charge is -2.25. The monoisotopic (exact) mass is 465 g/mol. The number of Topliss-reactive ketones (excluding diaryl/α,β-unsaturated/α-hetero) is 1. The molecule has 1 unspecified atom stereocenters. The number of nitrogens with zero attached hydrogens (tertiary/aromatic N) is 1. The van der Waals surface area contributed by atoms with Gasteiger partial charge in [0.25, 0.3) is 11.7 Å². The summed E-state index contributed by atoms with van der Waals surface area (Å²) in [6.45, 7) is 2.35. The molecule has 0 aliphatic carbocycles. The normalized spacial score (nSPS) is 18.0. The van der Waals surface area contributed by atoms with E-state index in [1.807, 2.05) is 6.92 Å². The van der Waals surface area contributed by atoms with Crippen LogP contribution >= 0.6 is 23.2 Å². The molecule has 8 heteroatoms. The molecule has 5 nitrogen and oxygen atoms in total. The van der Waals surface area contributed by atoms with E-state index in [0.717, 1.165) is 12.8 Å². The zero-order valence-corrected chi connectivity index (χ0v) is 18.6. The molecule has 31 heavy (non-hydrogen) atoms. The van der Waals surface area contributed by atoms with Gasteiger partial charge in [0.15, 0.2) is 0 Å². The molecule has 164 valence electrons. The van der Waals surface area contributed by atoms with Gasteiger partial charge in [-0.05, 0) is 36.2 Å². The van der Waals surface area contributed by atoms with Gasteiger partial charge in [0.1, 0.15) is 17.3 Å². The molecule has 2 aromatic carbocycles. The van der Waals surface area contributed by atoms with E-state index in [9.17, 15) is 19.1 Å². The number of unbranched alkanes of at least 4 members (excludes halogenated alkanes) is 2. The van der Waals surface area contributed by atoms with Gasteiger partial charge in [-0.25, -0.2) is 4.39 Å². The van der Waals surface area contributed by atoms with Crippen molar-refractivity contribution in [3.05, 3.63) is 69.0 Å². The van der Waals surface area contributed by atoms with Crippen molar-refractivity contribution in [1.82, 2.24) is 4.90 Å². The molecule has 1 heterocycles. The van der Waals surface area contributed by atoms with Crippen LogP contribution in [0.5, 0.6) is 5.75 Å². The maximum absolute atomic E-state index is 13.5. The maximum Gasteiger partial charge on any atom is 0.295 e. The van der Waals surface area contributed by atoms with Crippen molar-refractivity contribution in [3.8, 4) is 5.75 Å². The number of carbonyl (C=O) groups excluding carboxylic acids is 2. The van der Waals surface area contributed by atoms with Gasteiger partial charge < -0.3 is 14.7 Å². The number of halogens is 3. The number of likely N-dealkylation sites (tertiary alicyclic amines) is 1. The van der Waals surface area contributed by atoms with Crippen LogP contribution in [0.2, 0.25) is 10.0 Å². The first kappa shape index (κ1) is 23.1. The number of benzene rings is 2. The Balaban J connectivity index is 2.21. The molecule has 2 aromatic rings. The summed E-state index contributed by atoms with van der Waals surface area (Å²) < 4.78 is 18.8. The molecule has 0 radical (unpaired) electrons. The highest BCUT2D eigenvalue weighted by Crippen LogP contribution is 2.43. The molecule has 0 aromatic heterocycles. The predicted molar refractivity (Wildman–Crippen MR) is 118 cm³/mol. The fourth-order valence-electron chi connectivity index (χ4n) is 3.72. The minimum atomic E-state index is -0.875. The van der Waals surface area contributed by atoms with Crippen LogP contribution in [0.25, 0.3) is 5.76 Å². The summed E-state index contributed by atoms with van der Waals surface area (Å²) in [5, 5.41) is 11.5. The molecule has 1 aliphatic rings. The Morgan fingerprint density at radius 1 is 1.16 bits per heavy atom. The predicted octanol–water partition coefficient (Wildman–Crippen LogP) is 5.75. The summed E-state index contributed by atoms with van der Waals surface area (Å²) in [5.74, 6) is -2.33. The van der Waals surface area contributed by atoms with Crippen LogP contribution in [0.15, 0.2) is 42.0 Å². The van der Waals surface area contributed by atoms with Crippen LogP contribution in [0.1, 0.15) is 43.4 Å². The second-order valence-corrected chi connectivity index (χ2v) is 8.06. The van der Waals surface area contributed by atoms with E-state index < -0.39 is 29.3 Å². The van der Waals surface area contributed by atoms with Crippen LogP contribution < -0.4 is 4.74 Å². The van der Waals surface area contributed by atoms with Gasteiger partial charge in [0.05, 0.1) is 29.3 Å². The summed E-state index contributed by atoms with van der Waals surface area (Å²) in [6, 6.07) is 7.46. The molecule has 1 aliphatic heterocycles. The van der Waals surface area contributed by atoms with Gasteiger partial charge in [0, 0.05) is 11.6 Å². The van der Waals surface area contributed by atoms with Gasteiger partial charge >= 0.3 is 0 Å². The van der Waals surface area contributed by atoms with Crippen LogP contribution in [0, 0.1) is 5.82 Å². The van der Waals surface area contributed by atoms with E-state index in [2.05, 4.69) is 0 Å². The molecular formula is C23H22Cl2FNO4. The van der Waals surface area contributed by atoms with Crippen molar-refractivity contribution in [2.75, 3.05) is 13.7 Å². The number of aliphatic hydroxyl groups is 1. The third-order valence-corrected chi connectivity index (χ3v) is 5.69. The molecule has 3 rings (SSSR count). The average Bonchev–Trinajstić information content (AvgIpc) is 2.98. The van der Waals surface area contributed by atoms with E-state index in [1.54, 1.807) is 0 Å². The lowest BCUT2D eigenvalue weighted by atomic mass is 9.95. The third-order valence-electron chi connectivity index (χ3n) is 5.20. The minimum Gasteiger partial charge on any atom is -0.507 e. The van der Waals surface area contributed by atoms with Crippen molar-refractivity contribution in [3.63, 3.8) is 0 Å². The molecule has 1 fully saturated rings. The summed E-state index contributed by atoms with van der Waals surface area (Å²) in [5.41, 5.74) is 0.481. The zero-order valence-electron chi connectivity index (χ0n) is 17.1. The zero-order chi connectivity index (χ0) is 22.7. The maximum atomic E-state index is 13.5. The van der Waals surface area contributed by atoms with E-state index >= 15 is 0 Å². The number of methoxy groups -OCH3 is 1. The Bertz CT molecular complexity index is 1040. The number of ketones is 1. The van der Waals surface area contributed by atoms with Gasteiger partial charge in [0.2, 0.25) is 0 Å². The average molecular weight is 466 g/mol. The highest BCUT2D eigenvalue weighted by atomic mass is 35.5. The Labute approximate surface area is 190 Å². The van der Waals surface area contributed by atoms with E-state index in [0.29, 0.717) is 18.5 Å².